The highest BCUT2D eigenvalue weighted by molar-refractivity contribution is 6.05. The number of urea groups is 1. The SMILES string of the molecule is C[C@H]1C[C@@H](C(=O)Cc2cccc(OC(F)(F)F)c2)N(C(=O)Nc2cn(C(N)=O)c3ccccc23)C1. The van der Waals surface area contributed by atoms with Gasteiger partial charge in [-0.25, -0.2) is 9.59 Å². The summed E-state index contributed by atoms with van der Waals surface area (Å²) in [5.74, 6) is -0.669. The molecule has 0 radical (unpaired) electrons. The smallest absolute Gasteiger partial charge is 0.406 e. The fraction of sp³-hybridized carbons (Fsp3) is 0.292. The van der Waals surface area contributed by atoms with Gasteiger partial charge in [0.05, 0.1) is 17.2 Å². The first-order chi connectivity index (χ1) is 16.5. The summed E-state index contributed by atoms with van der Waals surface area (Å²) in [6, 6.07) is 10.2. The van der Waals surface area contributed by atoms with E-state index in [-0.39, 0.29) is 18.1 Å². The number of benzene rings is 2. The van der Waals surface area contributed by atoms with Gasteiger partial charge in [0.2, 0.25) is 0 Å². The van der Waals surface area contributed by atoms with Crippen LogP contribution in [0.2, 0.25) is 0 Å². The van der Waals surface area contributed by atoms with Crippen molar-refractivity contribution in [2.75, 3.05) is 11.9 Å². The van der Waals surface area contributed by atoms with E-state index >= 15 is 0 Å². The van der Waals surface area contributed by atoms with Crippen LogP contribution in [0.3, 0.4) is 0 Å². The first-order valence-corrected chi connectivity index (χ1v) is 10.9. The molecule has 1 fully saturated rings. The number of nitrogens with one attached hydrogen (secondary N) is 1. The zero-order valence-corrected chi connectivity index (χ0v) is 18.7. The molecule has 35 heavy (non-hydrogen) atoms. The summed E-state index contributed by atoms with van der Waals surface area (Å²) < 4.78 is 42.7. The number of para-hydroxylation sites is 1. The molecular weight excluding hydrogens is 465 g/mol. The molecule has 184 valence electrons. The van der Waals surface area contributed by atoms with Crippen LogP contribution in [-0.2, 0) is 11.2 Å². The van der Waals surface area contributed by atoms with Gasteiger partial charge in [0.1, 0.15) is 5.75 Å². The molecule has 3 aromatic rings. The highest BCUT2D eigenvalue weighted by atomic mass is 19.4. The number of alkyl halides is 3. The number of primary amides is 1. The number of ether oxygens (including phenoxy) is 1. The van der Waals surface area contributed by atoms with Crippen molar-refractivity contribution >= 4 is 34.4 Å². The van der Waals surface area contributed by atoms with Crippen molar-refractivity contribution in [3.8, 4) is 5.75 Å². The molecule has 8 nitrogen and oxygen atoms in total. The Labute approximate surface area is 198 Å². The third-order valence-electron chi connectivity index (χ3n) is 5.84. The van der Waals surface area contributed by atoms with Gasteiger partial charge in [0, 0.05) is 24.5 Å². The van der Waals surface area contributed by atoms with E-state index in [1.807, 2.05) is 6.92 Å². The molecule has 1 aromatic heterocycles. The number of nitrogens with zero attached hydrogens (tertiary/aromatic N) is 2. The van der Waals surface area contributed by atoms with Crippen LogP contribution >= 0.6 is 0 Å². The van der Waals surface area contributed by atoms with Crippen LogP contribution in [0.25, 0.3) is 10.9 Å². The Hall–Kier alpha value is -4.02. The molecule has 3 N–H and O–H groups in total. The zero-order chi connectivity index (χ0) is 25.3. The number of fused-ring (bicyclic) bond motifs is 1. The predicted octanol–water partition coefficient (Wildman–Crippen LogP) is 4.52. The normalized spacial score (nSPS) is 18.0. The Morgan fingerprint density at radius 2 is 1.89 bits per heavy atom. The van der Waals surface area contributed by atoms with Crippen LogP contribution in [-0.4, -0.2) is 46.3 Å². The summed E-state index contributed by atoms with van der Waals surface area (Å²) in [4.78, 5) is 39.4. The van der Waals surface area contributed by atoms with Gasteiger partial charge in [-0.3, -0.25) is 9.36 Å². The number of carbonyl (C=O) groups is 3. The standard InChI is InChI=1S/C24H23F3N4O4/c1-14-9-20(21(32)11-15-5-4-6-16(10-15)35-24(25,26)27)31(12-14)23(34)29-18-13-30(22(28)33)19-8-3-2-7-17(18)19/h2-8,10,13-14,20H,9,11-12H2,1H3,(H2,28,33)(H,29,34)/t14-,20-/m0/s1. The third-order valence-corrected chi connectivity index (χ3v) is 5.84. The van der Waals surface area contributed by atoms with Gasteiger partial charge in [-0.1, -0.05) is 37.3 Å². The van der Waals surface area contributed by atoms with Crippen molar-refractivity contribution in [1.29, 1.82) is 0 Å². The lowest BCUT2D eigenvalue weighted by atomic mass is 9.99. The van der Waals surface area contributed by atoms with Crippen molar-refractivity contribution in [3.05, 3.63) is 60.3 Å². The molecule has 1 aliphatic heterocycles. The number of hydrogen-bond acceptors (Lipinski definition) is 4. The Kier molecular flexibility index (Phi) is 6.42. The fourth-order valence-electron chi connectivity index (χ4n) is 4.40. The van der Waals surface area contributed by atoms with Crippen LogP contribution in [0.4, 0.5) is 28.4 Å². The Bertz CT molecular complexity index is 1290. The molecule has 0 aliphatic carbocycles. The number of likely N-dealkylation sites (tertiary alicyclic amines) is 1. The monoisotopic (exact) mass is 488 g/mol. The molecule has 4 rings (SSSR count). The summed E-state index contributed by atoms with van der Waals surface area (Å²) in [5.41, 5.74) is 6.67. The predicted molar refractivity (Wildman–Crippen MR) is 122 cm³/mol. The van der Waals surface area contributed by atoms with Gasteiger partial charge in [-0.15, -0.1) is 13.2 Å². The van der Waals surface area contributed by atoms with Crippen molar-refractivity contribution < 1.29 is 32.3 Å². The summed E-state index contributed by atoms with van der Waals surface area (Å²) in [6.45, 7) is 2.23. The number of anilines is 1. The highest BCUT2D eigenvalue weighted by Crippen LogP contribution is 2.30. The number of amides is 3. The van der Waals surface area contributed by atoms with Gasteiger partial charge in [0.15, 0.2) is 5.78 Å². The van der Waals surface area contributed by atoms with Gasteiger partial charge in [0.25, 0.3) is 0 Å². The fourth-order valence-corrected chi connectivity index (χ4v) is 4.40. The molecule has 2 heterocycles. The molecule has 1 aliphatic rings. The summed E-state index contributed by atoms with van der Waals surface area (Å²) in [7, 11) is 0. The minimum absolute atomic E-state index is 0.0431. The van der Waals surface area contributed by atoms with Crippen LogP contribution in [0.1, 0.15) is 18.9 Å². The third kappa shape index (κ3) is 5.39. The second-order valence-corrected chi connectivity index (χ2v) is 8.55. The number of carbonyl (C=O) groups excluding carboxylic acids is 3. The lowest BCUT2D eigenvalue weighted by molar-refractivity contribution is -0.274. The molecule has 11 heteroatoms. The van der Waals surface area contributed by atoms with E-state index in [1.54, 1.807) is 24.3 Å². The van der Waals surface area contributed by atoms with E-state index < -0.39 is 30.2 Å². The second kappa shape index (κ2) is 9.32. The van der Waals surface area contributed by atoms with Gasteiger partial charge < -0.3 is 20.7 Å². The highest BCUT2D eigenvalue weighted by Gasteiger charge is 2.38. The number of rotatable bonds is 5. The maximum atomic E-state index is 13.2. The Morgan fingerprint density at radius 3 is 2.60 bits per heavy atom. The Balaban J connectivity index is 1.51. The number of aromatic nitrogens is 1. The molecule has 0 bridgehead atoms. The van der Waals surface area contributed by atoms with Crippen LogP contribution < -0.4 is 15.8 Å². The minimum Gasteiger partial charge on any atom is -0.406 e. The van der Waals surface area contributed by atoms with E-state index in [1.165, 1.54) is 27.8 Å². The van der Waals surface area contributed by atoms with Gasteiger partial charge in [-0.05, 0) is 36.1 Å². The summed E-state index contributed by atoms with van der Waals surface area (Å²) in [6.07, 6.45) is -3.14. The average Bonchev–Trinajstić information content (AvgIpc) is 3.34. The van der Waals surface area contributed by atoms with E-state index in [0.29, 0.717) is 35.1 Å². The van der Waals surface area contributed by atoms with Gasteiger partial charge in [-0.2, -0.15) is 0 Å². The van der Waals surface area contributed by atoms with E-state index in [2.05, 4.69) is 10.1 Å². The largest absolute Gasteiger partial charge is 0.573 e. The molecule has 0 spiro atoms. The summed E-state index contributed by atoms with van der Waals surface area (Å²) >= 11 is 0. The first-order valence-electron chi connectivity index (χ1n) is 10.9. The molecule has 0 saturated carbocycles. The summed E-state index contributed by atoms with van der Waals surface area (Å²) in [5, 5.41) is 3.38. The van der Waals surface area contributed by atoms with E-state index in [0.717, 1.165) is 12.1 Å². The molecule has 0 unspecified atom stereocenters. The van der Waals surface area contributed by atoms with Crippen molar-refractivity contribution in [3.63, 3.8) is 0 Å². The number of halogens is 3. The quantitative estimate of drug-likeness (QED) is 0.551. The maximum Gasteiger partial charge on any atom is 0.573 e. The van der Waals surface area contributed by atoms with E-state index in [4.69, 9.17) is 5.73 Å². The second-order valence-electron chi connectivity index (χ2n) is 8.55. The zero-order valence-electron chi connectivity index (χ0n) is 18.7. The minimum atomic E-state index is -4.84. The van der Waals surface area contributed by atoms with Crippen molar-refractivity contribution in [1.82, 2.24) is 9.47 Å². The lowest BCUT2D eigenvalue weighted by Crippen LogP contribution is -2.43. The van der Waals surface area contributed by atoms with Gasteiger partial charge >= 0.3 is 18.4 Å². The number of Topliss-reactive ketones (excluding diaryl/α,β-unsaturated/α-hetero) is 1. The van der Waals surface area contributed by atoms with Crippen molar-refractivity contribution in [2.24, 2.45) is 11.7 Å². The lowest BCUT2D eigenvalue weighted by Gasteiger charge is -2.24. The van der Waals surface area contributed by atoms with Crippen LogP contribution in [0.15, 0.2) is 54.7 Å². The van der Waals surface area contributed by atoms with E-state index in [9.17, 15) is 27.6 Å². The molecular formula is C24H23F3N4O4. The molecule has 2 atom stereocenters. The maximum absolute atomic E-state index is 13.2. The number of hydrogen-bond donors (Lipinski definition) is 2. The Morgan fingerprint density at radius 1 is 1.14 bits per heavy atom. The molecule has 1 saturated heterocycles. The number of nitrogens with two attached hydrogens (primary N) is 1. The molecule has 3 amide bonds. The van der Waals surface area contributed by atoms with Crippen LogP contribution in [0, 0.1) is 5.92 Å². The van der Waals surface area contributed by atoms with Crippen LogP contribution in [0.5, 0.6) is 5.75 Å². The molecule has 2 aromatic carbocycles. The van der Waals surface area contributed by atoms with Crippen molar-refractivity contribution in [2.45, 2.75) is 32.2 Å². The number of ketones is 1. The topological polar surface area (TPSA) is 107 Å². The average molecular weight is 488 g/mol. The first kappa shape index (κ1) is 24.1.